The van der Waals surface area contributed by atoms with Crippen LogP contribution in [-0.4, -0.2) is 25.7 Å². The van der Waals surface area contributed by atoms with E-state index in [-0.39, 0.29) is 11.9 Å². The van der Waals surface area contributed by atoms with Crippen LogP contribution >= 0.6 is 11.6 Å². The molecule has 144 valence electrons. The highest BCUT2D eigenvalue weighted by Gasteiger charge is 2.19. The van der Waals surface area contributed by atoms with Crippen molar-refractivity contribution in [1.29, 1.82) is 0 Å². The predicted molar refractivity (Wildman–Crippen MR) is 112 cm³/mol. The number of hydrogen-bond acceptors (Lipinski definition) is 2. The Labute approximate surface area is 167 Å². The third-order valence-corrected chi connectivity index (χ3v) is 5.52. The fraction of sp³-hybridized carbons (Fsp3) is 0.435. The molecule has 0 heterocycles. The molecule has 2 aromatic rings. The Hall–Kier alpha value is -1.84. The lowest BCUT2D eigenvalue weighted by Crippen LogP contribution is -2.35. The van der Waals surface area contributed by atoms with Crippen molar-refractivity contribution in [2.24, 2.45) is 0 Å². The van der Waals surface area contributed by atoms with E-state index in [1.54, 1.807) is 7.11 Å². The molecule has 0 spiro atoms. The van der Waals surface area contributed by atoms with E-state index in [4.69, 9.17) is 16.3 Å². The number of carbonyl (C=O) groups excluding carboxylic acids is 1. The minimum Gasteiger partial charge on any atom is -0.383 e. The van der Waals surface area contributed by atoms with Crippen LogP contribution in [0.4, 0.5) is 0 Å². The van der Waals surface area contributed by atoms with Gasteiger partial charge in [-0.25, -0.2) is 0 Å². The third kappa shape index (κ3) is 5.33. The summed E-state index contributed by atoms with van der Waals surface area (Å²) in [6, 6.07) is 14.1. The van der Waals surface area contributed by atoms with Gasteiger partial charge in [0.15, 0.2) is 0 Å². The van der Waals surface area contributed by atoms with Crippen LogP contribution in [0, 0.1) is 0 Å². The van der Waals surface area contributed by atoms with Gasteiger partial charge in [-0.05, 0) is 66.6 Å². The van der Waals surface area contributed by atoms with E-state index in [2.05, 4.69) is 17.4 Å². The quantitative estimate of drug-likeness (QED) is 0.680. The van der Waals surface area contributed by atoms with Gasteiger partial charge >= 0.3 is 0 Å². The Morgan fingerprint density at radius 1 is 1.11 bits per heavy atom. The summed E-state index contributed by atoms with van der Waals surface area (Å²) in [5.74, 6) is 0.487. The number of nitrogens with one attached hydrogen (secondary N) is 1. The summed E-state index contributed by atoms with van der Waals surface area (Å²) < 4.78 is 5.14. The Morgan fingerprint density at radius 3 is 2.48 bits per heavy atom. The molecule has 0 unspecified atom stereocenters. The monoisotopic (exact) mass is 385 g/mol. The normalized spacial score (nSPS) is 16.1. The molecule has 4 heteroatoms. The van der Waals surface area contributed by atoms with Crippen LogP contribution < -0.4 is 5.32 Å². The zero-order valence-electron chi connectivity index (χ0n) is 16.1. The average Bonchev–Trinajstić information content (AvgIpc) is 2.69. The lowest BCUT2D eigenvalue weighted by Gasteiger charge is -2.23. The number of hydrogen-bond donors (Lipinski definition) is 1. The highest BCUT2D eigenvalue weighted by molar-refractivity contribution is 6.30. The van der Waals surface area contributed by atoms with E-state index in [0.29, 0.717) is 23.1 Å². The van der Waals surface area contributed by atoms with Crippen molar-refractivity contribution >= 4 is 17.5 Å². The van der Waals surface area contributed by atoms with Gasteiger partial charge in [-0.1, -0.05) is 49.1 Å². The first-order valence-corrected chi connectivity index (χ1v) is 10.2. The maximum Gasteiger partial charge on any atom is 0.251 e. The topological polar surface area (TPSA) is 38.3 Å². The van der Waals surface area contributed by atoms with E-state index < -0.39 is 0 Å². The van der Waals surface area contributed by atoms with Gasteiger partial charge in [-0.2, -0.15) is 0 Å². The molecule has 3 nitrogen and oxygen atoms in total. The van der Waals surface area contributed by atoms with Gasteiger partial charge < -0.3 is 10.1 Å². The second-order valence-electron chi connectivity index (χ2n) is 7.52. The summed E-state index contributed by atoms with van der Waals surface area (Å²) in [6.07, 6.45) is 6.25. The number of benzene rings is 2. The fourth-order valence-corrected chi connectivity index (χ4v) is 3.99. The lowest BCUT2D eigenvalue weighted by atomic mass is 9.82. The van der Waals surface area contributed by atoms with Crippen LogP contribution in [0.3, 0.4) is 0 Å². The smallest absolute Gasteiger partial charge is 0.251 e. The van der Waals surface area contributed by atoms with Crippen molar-refractivity contribution in [3.05, 3.63) is 58.6 Å². The minimum atomic E-state index is -0.0487. The standard InChI is InChI=1S/C23H28ClNO2/c1-16(15-27-2)25-23(26)21-13-19(17-6-4-3-5-7-17)12-20(14-21)18-8-10-22(24)11-9-18/h8-14,16-17H,3-7,15H2,1-2H3,(H,25,26)/t16-/m1/s1. The Bertz CT molecular complexity index is 766. The van der Waals surface area contributed by atoms with E-state index in [1.807, 2.05) is 37.3 Å². The van der Waals surface area contributed by atoms with Gasteiger partial charge in [0.25, 0.3) is 5.91 Å². The van der Waals surface area contributed by atoms with Crippen molar-refractivity contribution in [3.63, 3.8) is 0 Å². The first kappa shape index (κ1) is 19.9. The number of ether oxygens (including phenoxy) is 1. The van der Waals surface area contributed by atoms with Crippen LogP contribution in [-0.2, 0) is 4.74 Å². The van der Waals surface area contributed by atoms with Crippen LogP contribution in [0.2, 0.25) is 5.02 Å². The van der Waals surface area contributed by atoms with Crippen molar-refractivity contribution in [1.82, 2.24) is 5.32 Å². The zero-order chi connectivity index (χ0) is 19.2. The number of amides is 1. The van der Waals surface area contributed by atoms with Crippen LogP contribution in [0.25, 0.3) is 11.1 Å². The molecule has 1 atom stereocenters. The van der Waals surface area contributed by atoms with Gasteiger partial charge in [0.1, 0.15) is 0 Å². The Kier molecular flexibility index (Phi) is 6.92. The number of halogens is 1. The molecule has 0 aliphatic heterocycles. The zero-order valence-corrected chi connectivity index (χ0v) is 16.9. The van der Waals surface area contributed by atoms with Gasteiger partial charge in [-0.3, -0.25) is 4.79 Å². The summed E-state index contributed by atoms with van der Waals surface area (Å²) in [5, 5.41) is 3.75. The summed E-state index contributed by atoms with van der Waals surface area (Å²) in [6.45, 7) is 2.45. The molecular formula is C23H28ClNO2. The van der Waals surface area contributed by atoms with Gasteiger partial charge in [0.2, 0.25) is 0 Å². The summed E-state index contributed by atoms with van der Waals surface area (Å²) in [5.41, 5.74) is 4.13. The molecule has 1 aliphatic rings. The molecule has 1 aliphatic carbocycles. The van der Waals surface area contributed by atoms with Crippen molar-refractivity contribution in [2.75, 3.05) is 13.7 Å². The van der Waals surface area contributed by atoms with Gasteiger partial charge in [-0.15, -0.1) is 0 Å². The highest BCUT2D eigenvalue weighted by atomic mass is 35.5. The first-order valence-electron chi connectivity index (χ1n) is 9.77. The van der Waals surface area contributed by atoms with Crippen LogP contribution in [0.15, 0.2) is 42.5 Å². The largest absolute Gasteiger partial charge is 0.383 e. The number of rotatable bonds is 6. The number of carbonyl (C=O) groups is 1. The van der Waals surface area contributed by atoms with Crippen molar-refractivity contribution in [2.45, 2.75) is 51.0 Å². The van der Waals surface area contributed by atoms with E-state index in [0.717, 1.165) is 11.1 Å². The Morgan fingerprint density at radius 2 is 1.81 bits per heavy atom. The molecule has 0 radical (unpaired) electrons. The molecule has 0 saturated heterocycles. The van der Waals surface area contributed by atoms with Crippen LogP contribution in [0.5, 0.6) is 0 Å². The SMILES string of the molecule is COC[C@@H](C)NC(=O)c1cc(-c2ccc(Cl)cc2)cc(C2CCCCC2)c1. The average molecular weight is 386 g/mol. The molecule has 0 aromatic heterocycles. The maximum absolute atomic E-state index is 12.8. The van der Waals surface area contributed by atoms with Crippen LogP contribution in [0.1, 0.15) is 60.9 Å². The summed E-state index contributed by atoms with van der Waals surface area (Å²) in [7, 11) is 1.64. The first-order chi connectivity index (χ1) is 13.1. The predicted octanol–water partition coefficient (Wildman–Crippen LogP) is 5.82. The summed E-state index contributed by atoms with van der Waals surface area (Å²) >= 11 is 6.04. The lowest BCUT2D eigenvalue weighted by molar-refractivity contribution is 0.0905. The second-order valence-corrected chi connectivity index (χ2v) is 7.95. The maximum atomic E-state index is 12.8. The van der Waals surface area contributed by atoms with Gasteiger partial charge in [0, 0.05) is 23.7 Å². The fourth-order valence-electron chi connectivity index (χ4n) is 3.86. The minimum absolute atomic E-state index is 0.0279. The molecule has 1 saturated carbocycles. The molecule has 1 amide bonds. The molecule has 27 heavy (non-hydrogen) atoms. The highest BCUT2D eigenvalue weighted by Crippen LogP contribution is 2.35. The van der Waals surface area contributed by atoms with E-state index in [9.17, 15) is 4.79 Å². The van der Waals surface area contributed by atoms with Crippen molar-refractivity contribution < 1.29 is 9.53 Å². The Balaban J connectivity index is 1.94. The van der Waals surface area contributed by atoms with Gasteiger partial charge in [0.05, 0.1) is 6.61 Å². The molecule has 1 N–H and O–H groups in total. The summed E-state index contributed by atoms with van der Waals surface area (Å²) in [4.78, 5) is 12.8. The molecular weight excluding hydrogens is 358 g/mol. The molecule has 2 aromatic carbocycles. The van der Waals surface area contributed by atoms with Crippen molar-refractivity contribution in [3.8, 4) is 11.1 Å². The molecule has 0 bridgehead atoms. The molecule has 3 rings (SSSR count). The molecule has 1 fully saturated rings. The second kappa shape index (κ2) is 9.38. The van der Waals surface area contributed by atoms with E-state index >= 15 is 0 Å². The van der Waals surface area contributed by atoms with E-state index in [1.165, 1.54) is 37.7 Å². The third-order valence-electron chi connectivity index (χ3n) is 5.27. The number of methoxy groups -OCH3 is 1.